The van der Waals surface area contributed by atoms with Gasteiger partial charge in [-0.25, -0.2) is 4.79 Å². The van der Waals surface area contributed by atoms with E-state index in [0.717, 1.165) is 25.2 Å². The van der Waals surface area contributed by atoms with Gasteiger partial charge in [-0.3, -0.25) is 0 Å². The zero-order valence-electron chi connectivity index (χ0n) is 9.56. The maximum atomic E-state index is 11.1. The quantitative estimate of drug-likeness (QED) is 0.813. The lowest BCUT2D eigenvalue weighted by atomic mass is 10.1. The van der Waals surface area contributed by atoms with Crippen molar-refractivity contribution in [3.8, 4) is 5.75 Å². The predicted octanol–water partition coefficient (Wildman–Crippen LogP) is 0.932. The van der Waals surface area contributed by atoms with E-state index in [1.165, 1.54) is 0 Å². The summed E-state index contributed by atoms with van der Waals surface area (Å²) in [5, 5.41) is 9.08. The van der Waals surface area contributed by atoms with E-state index in [2.05, 4.69) is 4.90 Å². The van der Waals surface area contributed by atoms with Crippen LogP contribution in [0.3, 0.4) is 0 Å². The van der Waals surface area contributed by atoms with Crippen molar-refractivity contribution in [2.45, 2.75) is 6.42 Å². The summed E-state index contributed by atoms with van der Waals surface area (Å²) in [6.07, 6.45) is 0.886. The third-order valence-corrected chi connectivity index (χ3v) is 2.81. The Kier molecular flexibility index (Phi) is 3.49. The fourth-order valence-electron chi connectivity index (χ4n) is 1.99. The van der Waals surface area contributed by atoms with Gasteiger partial charge in [-0.1, -0.05) is 6.07 Å². The number of carboxylic acids is 1. The second-order valence-corrected chi connectivity index (χ2v) is 3.94. The van der Waals surface area contributed by atoms with Crippen LogP contribution in [0.4, 0.5) is 5.69 Å². The maximum Gasteiger partial charge on any atom is 0.339 e. The average molecular weight is 236 g/mol. The van der Waals surface area contributed by atoms with Gasteiger partial charge < -0.3 is 20.5 Å². The van der Waals surface area contributed by atoms with Crippen molar-refractivity contribution >= 4 is 11.7 Å². The van der Waals surface area contributed by atoms with Gasteiger partial charge in [0.1, 0.15) is 12.2 Å². The lowest BCUT2D eigenvalue weighted by molar-refractivity contribution is 0.0692. The highest BCUT2D eigenvalue weighted by Gasteiger charge is 2.22. The first-order valence-corrected chi connectivity index (χ1v) is 5.68. The molecule has 0 aliphatic carbocycles. The van der Waals surface area contributed by atoms with Gasteiger partial charge in [0.2, 0.25) is 0 Å². The lowest BCUT2D eigenvalue weighted by Gasteiger charge is -2.31. The van der Waals surface area contributed by atoms with E-state index in [0.29, 0.717) is 18.9 Å². The predicted molar refractivity (Wildman–Crippen MR) is 64.8 cm³/mol. The van der Waals surface area contributed by atoms with Gasteiger partial charge in [-0.15, -0.1) is 0 Å². The Morgan fingerprint density at radius 3 is 3.06 bits per heavy atom. The van der Waals surface area contributed by atoms with E-state index >= 15 is 0 Å². The molecule has 0 amide bonds. The molecule has 0 unspecified atom stereocenters. The molecule has 0 saturated heterocycles. The molecule has 0 spiro atoms. The second kappa shape index (κ2) is 5.05. The molecule has 1 aromatic carbocycles. The molecule has 0 fully saturated rings. The molecule has 1 aromatic rings. The van der Waals surface area contributed by atoms with Crippen molar-refractivity contribution in [3.05, 3.63) is 23.8 Å². The van der Waals surface area contributed by atoms with Crippen molar-refractivity contribution in [3.63, 3.8) is 0 Å². The average Bonchev–Trinajstić information content (AvgIpc) is 2.35. The van der Waals surface area contributed by atoms with E-state index in [4.69, 9.17) is 15.6 Å². The van der Waals surface area contributed by atoms with Crippen LogP contribution >= 0.6 is 0 Å². The number of carboxylic acid groups (broad SMARTS) is 1. The summed E-state index contributed by atoms with van der Waals surface area (Å²) < 4.78 is 5.47. The number of hydrogen-bond donors (Lipinski definition) is 2. The Balaban J connectivity index is 2.32. The number of rotatable bonds is 4. The van der Waals surface area contributed by atoms with E-state index in [1.807, 2.05) is 6.07 Å². The van der Waals surface area contributed by atoms with Crippen LogP contribution in [0, 0.1) is 0 Å². The largest absolute Gasteiger partial charge is 0.489 e. The molecule has 1 aliphatic heterocycles. The number of carbonyl (C=O) groups is 1. The van der Waals surface area contributed by atoms with Gasteiger partial charge in [0, 0.05) is 6.54 Å². The molecule has 0 saturated carbocycles. The summed E-state index contributed by atoms with van der Waals surface area (Å²) in [5.74, 6) is -0.481. The minimum atomic E-state index is -0.956. The number of ether oxygens (including phenoxy) is 1. The number of benzene rings is 1. The van der Waals surface area contributed by atoms with Gasteiger partial charge in [-0.2, -0.15) is 0 Å². The summed E-state index contributed by atoms with van der Waals surface area (Å²) >= 11 is 0. The third kappa shape index (κ3) is 2.34. The van der Waals surface area contributed by atoms with E-state index in [9.17, 15) is 4.79 Å². The molecule has 0 atom stereocenters. The highest BCUT2D eigenvalue weighted by molar-refractivity contribution is 5.93. The molecule has 5 heteroatoms. The topological polar surface area (TPSA) is 75.8 Å². The summed E-state index contributed by atoms with van der Waals surface area (Å²) in [4.78, 5) is 13.2. The van der Waals surface area contributed by atoms with Gasteiger partial charge in [0.25, 0.3) is 0 Å². The third-order valence-electron chi connectivity index (χ3n) is 2.81. The van der Waals surface area contributed by atoms with Crippen LogP contribution in [0.2, 0.25) is 0 Å². The Labute approximate surface area is 99.8 Å². The lowest BCUT2D eigenvalue weighted by Crippen LogP contribution is -2.34. The Morgan fingerprint density at radius 2 is 2.35 bits per heavy atom. The minimum absolute atomic E-state index is 0.222. The first-order chi connectivity index (χ1) is 8.24. The van der Waals surface area contributed by atoms with E-state index < -0.39 is 5.97 Å². The SMILES string of the molecule is NCCCN1CCOc2c(C(=O)O)cccc21. The maximum absolute atomic E-state index is 11.1. The monoisotopic (exact) mass is 236 g/mol. The zero-order chi connectivity index (χ0) is 12.3. The Hall–Kier alpha value is -1.75. The van der Waals surface area contributed by atoms with Crippen LogP contribution in [0.25, 0.3) is 0 Å². The molecule has 1 aliphatic rings. The number of para-hydroxylation sites is 1. The Morgan fingerprint density at radius 1 is 1.53 bits per heavy atom. The van der Waals surface area contributed by atoms with Crippen molar-refractivity contribution in [1.29, 1.82) is 0 Å². The standard InChI is InChI=1S/C12H16N2O3/c13-5-2-6-14-7-8-17-11-9(12(15)16)3-1-4-10(11)14/h1,3-4H,2,5-8,13H2,(H,15,16). The number of fused-ring (bicyclic) bond motifs is 1. The zero-order valence-corrected chi connectivity index (χ0v) is 9.56. The van der Waals surface area contributed by atoms with Crippen molar-refractivity contribution in [2.75, 3.05) is 31.1 Å². The van der Waals surface area contributed by atoms with Gasteiger partial charge >= 0.3 is 5.97 Å². The van der Waals surface area contributed by atoms with Gasteiger partial charge in [0.05, 0.1) is 12.2 Å². The first-order valence-electron chi connectivity index (χ1n) is 5.68. The van der Waals surface area contributed by atoms with Gasteiger partial charge in [-0.05, 0) is 25.1 Å². The van der Waals surface area contributed by atoms with Gasteiger partial charge in [0.15, 0.2) is 5.75 Å². The second-order valence-electron chi connectivity index (χ2n) is 3.94. The molecule has 3 N–H and O–H groups in total. The highest BCUT2D eigenvalue weighted by Crippen LogP contribution is 2.34. The van der Waals surface area contributed by atoms with Crippen LogP contribution in [-0.2, 0) is 0 Å². The van der Waals surface area contributed by atoms with Crippen molar-refractivity contribution < 1.29 is 14.6 Å². The van der Waals surface area contributed by atoms with Crippen LogP contribution in [-0.4, -0.2) is 37.3 Å². The smallest absolute Gasteiger partial charge is 0.339 e. The summed E-state index contributed by atoms with van der Waals surface area (Å²) in [7, 11) is 0. The van der Waals surface area contributed by atoms with Crippen molar-refractivity contribution in [1.82, 2.24) is 0 Å². The van der Waals surface area contributed by atoms with E-state index in [-0.39, 0.29) is 5.56 Å². The molecule has 2 rings (SSSR count). The van der Waals surface area contributed by atoms with Crippen molar-refractivity contribution in [2.24, 2.45) is 5.73 Å². The molecular formula is C12H16N2O3. The molecule has 17 heavy (non-hydrogen) atoms. The minimum Gasteiger partial charge on any atom is -0.489 e. The fraction of sp³-hybridized carbons (Fsp3) is 0.417. The Bertz CT molecular complexity index is 420. The highest BCUT2D eigenvalue weighted by atomic mass is 16.5. The van der Waals surface area contributed by atoms with Crippen LogP contribution in [0.15, 0.2) is 18.2 Å². The number of anilines is 1. The summed E-state index contributed by atoms with van der Waals surface area (Å²) in [6, 6.07) is 5.19. The molecule has 0 aromatic heterocycles. The number of nitrogens with zero attached hydrogens (tertiary/aromatic N) is 1. The molecule has 5 nitrogen and oxygen atoms in total. The molecule has 0 radical (unpaired) electrons. The number of hydrogen-bond acceptors (Lipinski definition) is 4. The fourth-order valence-corrected chi connectivity index (χ4v) is 1.99. The molecule has 92 valence electrons. The first kappa shape index (κ1) is 11.7. The summed E-state index contributed by atoms with van der Waals surface area (Å²) in [5.41, 5.74) is 6.57. The number of nitrogens with two attached hydrogens (primary N) is 1. The van der Waals surface area contributed by atoms with Crippen LogP contribution in [0.1, 0.15) is 16.8 Å². The van der Waals surface area contributed by atoms with E-state index in [1.54, 1.807) is 12.1 Å². The molecular weight excluding hydrogens is 220 g/mol. The molecule has 1 heterocycles. The summed E-state index contributed by atoms with van der Waals surface area (Å²) in [6.45, 7) is 2.75. The normalized spacial score (nSPS) is 14.1. The number of aromatic carboxylic acids is 1. The molecule has 0 bridgehead atoms. The van der Waals surface area contributed by atoms with Crippen LogP contribution < -0.4 is 15.4 Å². The van der Waals surface area contributed by atoms with Crippen LogP contribution in [0.5, 0.6) is 5.75 Å².